The Morgan fingerprint density at radius 2 is 1.79 bits per heavy atom. The molecule has 0 saturated heterocycles. The van der Waals surface area contributed by atoms with E-state index in [-0.39, 0.29) is 5.41 Å². The van der Waals surface area contributed by atoms with Crippen LogP contribution in [0.5, 0.6) is 5.75 Å². The summed E-state index contributed by atoms with van der Waals surface area (Å²) in [6.45, 7) is 3.00. The molecule has 2 aliphatic carbocycles. The van der Waals surface area contributed by atoms with Gasteiger partial charge in [-0.3, -0.25) is 0 Å². The van der Waals surface area contributed by atoms with Gasteiger partial charge in [-0.2, -0.15) is 0 Å². The predicted octanol–water partition coefficient (Wildman–Crippen LogP) is 6.79. The Labute approximate surface area is 201 Å². The summed E-state index contributed by atoms with van der Waals surface area (Å²) >= 11 is 0. The number of rotatable bonds is 7. The molecule has 1 fully saturated rings. The lowest BCUT2D eigenvalue weighted by molar-refractivity contribution is 0.305. The SMILES string of the molecule is CCCCCCOc1ccc(-c2nc3c4c(ncn3n2)-c2ccccc2CC42CCCC2)cc1. The predicted molar refractivity (Wildman–Crippen MR) is 135 cm³/mol. The fraction of sp³-hybridized carbons (Fsp3) is 0.414. The van der Waals surface area contributed by atoms with Crippen LogP contribution in [-0.4, -0.2) is 26.2 Å². The Kier molecular flexibility index (Phi) is 5.56. The molecule has 2 aromatic carbocycles. The van der Waals surface area contributed by atoms with Gasteiger partial charge in [-0.05, 0) is 55.5 Å². The number of benzene rings is 2. The van der Waals surface area contributed by atoms with Gasteiger partial charge in [-0.15, -0.1) is 5.10 Å². The molecule has 0 N–H and O–H groups in total. The Morgan fingerprint density at radius 1 is 0.971 bits per heavy atom. The lowest BCUT2D eigenvalue weighted by Gasteiger charge is -2.36. The van der Waals surface area contributed by atoms with Gasteiger partial charge in [-0.1, -0.05) is 63.3 Å². The van der Waals surface area contributed by atoms with Crippen LogP contribution in [0.2, 0.25) is 0 Å². The summed E-state index contributed by atoms with van der Waals surface area (Å²) in [5.74, 6) is 1.65. The van der Waals surface area contributed by atoms with Crippen molar-refractivity contribution >= 4 is 5.65 Å². The molecule has 174 valence electrons. The maximum atomic E-state index is 5.92. The Morgan fingerprint density at radius 3 is 2.62 bits per heavy atom. The van der Waals surface area contributed by atoms with Gasteiger partial charge in [0.05, 0.1) is 12.3 Å². The van der Waals surface area contributed by atoms with Crippen LogP contribution < -0.4 is 4.74 Å². The van der Waals surface area contributed by atoms with Crippen LogP contribution in [0.4, 0.5) is 0 Å². The normalized spacial score (nSPS) is 16.0. The van der Waals surface area contributed by atoms with Crippen LogP contribution in [0.15, 0.2) is 54.9 Å². The second-order valence-electron chi connectivity index (χ2n) is 9.93. The van der Waals surface area contributed by atoms with Crippen molar-refractivity contribution in [2.75, 3.05) is 6.61 Å². The highest BCUT2D eigenvalue weighted by Gasteiger charge is 2.43. The summed E-state index contributed by atoms with van der Waals surface area (Å²) in [5, 5.41) is 4.83. The summed E-state index contributed by atoms with van der Waals surface area (Å²) in [4.78, 5) is 10.0. The van der Waals surface area contributed by atoms with E-state index in [0.29, 0.717) is 0 Å². The molecule has 2 aromatic heterocycles. The zero-order chi connectivity index (χ0) is 23.0. The number of aromatic nitrogens is 4. The number of hydrogen-bond donors (Lipinski definition) is 0. The molecule has 0 bridgehead atoms. The van der Waals surface area contributed by atoms with E-state index in [1.165, 1.54) is 61.6 Å². The first kappa shape index (κ1) is 21.3. The average molecular weight is 453 g/mol. The van der Waals surface area contributed by atoms with Gasteiger partial charge in [-0.25, -0.2) is 14.5 Å². The minimum Gasteiger partial charge on any atom is -0.494 e. The number of ether oxygens (including phenoxy) is 1. The molecule has 2 heterocycles. The quantitative estimate of drug-likeness (QED) is 0.290. The average Bonchev–Trinajstić information content (AvgIpc) is 3.52. The fourth-order valence-electron chi connectivity index (χ4n) is 5.93. The molecular formula is C29H32N4O. The number of unbranched alkanes of at least 4 members (excludes halogenated alkanes) is 3. The first-order valence-electron chi connectivity index (χ1n) is 12.8. The maximum absolute atomic E-state index is 5.92. The fourth-order valence-corrected chi connectivity index (χ4v) is 5.93. The van der Waals surface area contributed by atoms with Gasteiger partial charge in [0, 0.05) is 22.1 Å². The molecule has 0 unspecified atom stereocenters. The third-order valence-electron chi connectivity index (χ3n) is 7.66. The van der Waals surface area contributed by atoms with E-state index in [0.717, 1.165) is 47.9 Å². The van der Waals surface area contributed by atoms with Crippen molar-refractivity contribution in [3.05, 3.63) is 66.0 Å². The lowest BCUT2D eigenvalue weighted by atomic mass is 9.68. The molecule has 1 spiro atoms. The van der Waals surface area contributed by atoms with Gasteiger partial charge < -0.3 is 4.74 Å². The molecule has 0 amide bonds. The zero-order valence-corrected chi connectivity index (χ0v) is 20.0. The summed E-state index contributed by atoms with van der Waals surface area (Å²) in [6.07, 6.45) is 12.7. The Hall–Kier alpha value is -3.21. The van der Waals surface area contributed by atoms with E-state index in [9.17, 15) is 0 Å². The van der Waals surface area contributed by atoms with E-state index in [4.69, 9.17) is 19.8 Å². The number of hydrogen-bond acceptors (Lipinski definition) is 4. The highest BCUT2D eigenvalue weighted by molar-refractivity contribution is 5.78. The number of fused-ring (bicyclic) bond motifs is 6. The van der Waals surface area contributed by atoms with E-state index in [1.807, 2.05) is 23.0 Å². The van der Waals surface area contributed by atoms with E-state index in [1.54, 1.807) is 0 Å². The standard InChI is InChI=1S/C29H32N4O/c1-2-3-4-9-18-34-23-14-12-21(13-15-23)27-31-28-25-26(30-20-33(28)32-27)24-11-6-5-10-22(24)19-29(25)16-7-8-17-29/h5-6,10-15,20H,2-4,7-9,16-19H2,1H3. The molecule has 0 radical (unpaired) electrons. The Balaban J connectivity index is 1.34. The zero-order valence-electron chi connectivity index (χ0n) is 20.0. The summed E-state index contributed by atoms with van der Waals surface area (Å²) in [5.41, 5.74) is 7.17. The molecule has 0 atom stereocenters. The largest absolute Gasteiger partial charge is 0.494 e. The van der Waals surface area contributed by atoms with Gasteiger partial charge in [0.2, 0.25) is 0 Å². The first-order valence-corrected chi connectivity index (χ1v) is 12.8. The molecule has 6 rings (SSSR count). The van der Waals surface area contributed by atoms with Crippen LogP contribution in [-0.2, 0) is 11.8 Å². The van der Waals surface area contributed by atoms with E-state index < -0.39 is 0 Å². The van der Waals surface area contributed by atoms with Crippen molar-refractivity contribution in [1.29, 1.82) is 0 Å². The topological polar surface area (TPSA) is 52.3 Å². The summed E-state index contributed by atoms with van der Waals surface area (Å²) in [7, 11) is 0. The van der Waals surface area contributed by atoms with Gasteiger partial charge >= 0.3 is 0 Å². The summed E-state index contributed by atoms with van der Waals surface area (Å²) < 4.78 is 7.81. The molecular weight excluding hydrogens is 420 g/mol. The van der Waals surface area contributed by atoms with Gasteiger partial charge in [0.1, 0.15) is 12.1 Å². The van der Waals surface area contributed by atoms with Crippen LogP contribution in [0.3, 0.4) is 0 Å². The molecule has 4 aromatic rings. The lowest BCUT2D eigenvalue weighted by Crippen LogP contribution is -2.31. The molecule has 5 nitrogen and oxygen atoms in total. The highest BCUT2D eigenvalue weighted by atomic mass is 16.5. The molecule has 34 heavy (non-hydrogen) atoms. The molecule has 5 heteroatoms. The first-order chi connectivity index (χ1) is 16.8. The minimum atomic E-state index is 0.124. The maximum Gasteiger partial charge on any atom is 0.182 e. The minimum absolute atomic E-state index is 0.124. The van der Waals surface area contributed by atoms with Crippen LogP contribution in [0, 0.1) is 0 Å². The van der Waals surface area contributed by atoms with E-state index >= 15 is 0 Å². The van der Waals surface area contributed by atoms with Crippen molar-refractivity contribution in [2.24, 2.45) is 0 Å². The highest BCUT2D eigenvalue weighted by Crippen LogP contribution is 2.52. The monoisotopic (exact) mass is 452 g/mol. The van der Waals surface area contributed by atoms with Crippen LogP contribution in [0.1, 0.15) is 69.4 Å². The molecule has 1 saturated carbocycles. The van der Waals surface area contributed by atoms with Gasteiger partial charge in [0.15, 0.2) is 11.5 Å². The second-order valence-corrected chi connectivity index (χ2v) is 9.93. The molecule has 2 aliphatic rings. The van der Waals surface area contributed by atoms with Gasteiger partial charge in [0.25, 0.3) is 0 Å². The van der Waals surface area contributed by atoms with E-state index in [2.05, 4.69) is 43.3 Å². The third-order valence-corrected chi connectivity index (χ3v) is 7.66. The van der Waals surface area contributed by atoms with Crippen LogP contribution >= 0.6 is 0 Å². The Bertz CT molecular complexity index is 1300. The third kappa shape index (κ3) is 3.67. The van der Waals surface area contributed by atoms with Crippen LogP contribution in [0.25, 0.3) is 28.3 Å². The summed E-state index contributed by atoms with van der Waals surface area (Å²) in [6, 6.07) is 16.9. The second kappa shape index (κ2) is 8.86. The van der Waals surface area contributed by atoms with Crippen molar-refractivity contribution in [3.8, 4) is 28.4 Å². The van der Waals surface area contributed by atoms with Crippen molar-refractivity contribution in [3.63, 3.8) is 0 Å². The number of nitrogens with zero attached hydrogens (tertiary/aromatic N) is 4. The van der Waals surface area contributed by atoms with Crippen molar-refractivity contribution < 1.29 is 4.74 Å². The van der Waals surface area contributed by atoms with Crippen molar-refractivity contribution in [2.45, 2.75) is 70.1 Å². The molecule has 0 aliphatic heterocycles. The smallest absolute Gasteiger partial charge is 0.182 e. The van der Waals surface area contributed by atoms with Crippen molar-refractivity contribution in [1.82, 2.24) is 19.6 Å².